The van der Waals surface area contributed by atoms with Crippen molar-refractivity contribution in [2.24, 2.45) is 0 Å². The van der Waals surface area contributed by atoms with Crippen LogP contribution in [0, 0.1) is 6.92 Å². The fourth-order valence-electron chi connectivity index (χ4n) is 1.69. The number of nitrogens with zero attached hydrogens (tertiary/aromatic N) is 3. The summed E-state index contributed by atoms with van der Waals surface area (Å²) >= 11 is 0. The number of methoxy groups -OCH3 is 1. The maximum atomic E-state index is 5.13. The SMILES string of the molecule is CCCNc1ncc(C)c(N(CC)CCOC)n1. The number of aryl methyl sites for hydroxylation is 1. The van der Waals surface area contributed by atoms with E-state index >= 15 is 0 Å². The van der Waals surface area contributed by atoms with E-state index in [1.165, 1.54) is 0 Å². The minimum absolute atomic E-state index is 0.702. The van der Waals surface area contributed by atoms with Crippen LogP contribution in [0.5, 0.6) is 0 Å². The topological polar surface area (TPSA) is 50.3 Å². The standard InChI is InChI=1S/C13H24N4O/c1-5-7-14-13-15-10-11(3)12(16-13)17(6-2)8-9-18-4/h10H,5-9H2,1-4H3,(H,14,15,16). The Labute approximate surface area is 110 Å². The number of aromatic nitrogens is 2. The average Bonchev–Trinajstić information content (AvgIpc) is 2.39. The van der Waals surface area contributed by atoms with E-state index < -0.39 is 0 Å². The van der Waals surface area contributed by atoms with E-state index in [4.69, 9.17) is 4.74 Å². The van der Waals surface area contributed by atoms with Gasteiger partial charge in [0.2, 0.25) is 5.95 Å². The van der Waals surface area contributed by atoms with Crippen LogP contribution in [0.3, 0.4) is 0 Å². The van der Waals surface area contributed by atoms with E-state index in [1.54, 1.807) is 7.11 Å². The van der Waals surface area contributed by atoms with Crippen molar-refractivity contribution in [2.75, 3.05) is 43.6 Å². The van der Waals surface area contributed by atoms with Gasteiger partial charge in [-0.2, -0.15) is 4.98 Å². The first-order chi connectivity index (χ1) is 8.72. The molecule has 5 nitrogen and oxygen atoms in total. The Morgan fingerprint density at radius 2 is 2.17 bits per heavy atom. The monoisotopic (exact) mass is 252 g/mol. The van der Waals surface area contributed by atoms with Crippen LogP contribution in [0.25, 0.3) is 0 Å². The number of hydrogen-bond acceptors (Lipinski definition) is 5. The third-order valence-corrected chi connectivity index (χ3v) is 2.72. The van der Waals surface area contributed by atoms with Crippen LogP contribution in [-0.2, 0) is 4.74 Å². The van der Waals surface area contributed by atoms with Gasteiger partial charge < -0.3 is 15.0 Å². The summed E-state index contributed by atoms with van der Waals surface area (Å²) in [5, 5.41) is 3.22. The van der Waals surface area contributed by atoms with Crippen LogP contribution in [0.2, 0.25) is 0 Å². The van der Waals surface area contributed by atoms with Crippen molar-refractivity contribution in [3.8, 4) is 0 Å². The average molecular weight is 252 g/mol. The molecule has 0 atom stereocenters. The smallest absolute Gasteiger partial charge is 0.224 e. The normalized spacial score (nSPS) is 10.4. The highest BCUT2D eigenvalue weighted by Crippen LogP contribution is 2.17. The third kappa shape index (κ3) is 4.14. The maximum absolute atomic E-state index is 5.13. The van der Waals surface area contributed by atoms with Crippen molar-refractivity contribution in [3.05, 3.63) is 11.8 Å². The van der Waals surface area contributed by atoms with Crippen LogP contribution < -0.4 is 10.2 Å². The fraction of sp³-hybridized carbons (Fsp3) is 0.692. The van der Waals surface area contributed by atoms with Gasteiger partial charge in [0, 0.05) is 38.5 Å². The Morgan fingerprint density at radius 3 is 2.78 bits per heavy atom. The van der Waals surface area contributed by atoms with Crippen molar-refractivity contribution in [1.29, 1.82) is 0 Å². The lowest BCUT2D eigenvalue weighted by molar-refractivity contribution is 0.205. The first-order valence-corrected chi connectivity index (χ1v) is 6.54. The quantitative estimate of drug-likeness (QED) is 0.767. The lowest BCUT2D eigenvalue weighted by Gasteiger charge is -2.23. The highest BCUT2D eigenvalue weighted by molar-refractivity contribution is 5.48. The van der Waals surface area contributed by atoms with Crippen LogP contribution in [0.4, 0.5) is 11.8 Å². The van der Waals surface area contributed by atoms with Crippen molar-refractivity contribution in [2.45, 2.75) is 27.2 Å². The summed E-state index contributed by atoms with van der Waals surface area (Å²) in [6, 6.07) is 0. The Hall–Kier alpha value is -1.36. The van der Waals surface area contributed by atoms with Gasteiger partial charge in [-0.15, -0.1) is 0 Å². The second-order valence-electron chi connectivity index (χ2n) is 4.20. The van der Waals surface area contributed by atoms with Crippen molar-refractivity contribution in [1.82, 2.24) is 9.97 Å². The summed E-state index contributed by atoms with van der Waals surface area (Å²) in [7, 11) is 1.72. The highest BCUT2D eigenvalue weighted by atomic mass is 16.5. The number of nitrogens with one attached hydrogen (secondary N) is 1. The molecule has 0 radical (unpaired) electrons. The van der Waals surface area contributed by atoms with Crippen LogP contribution >= 0.6 is 0 Å². The van der Waals surface area contributed by atoms with Gasteiger partial charge in [0.1, 0.15) is 5.82 Å². The molecular weight excluding hydrogens is 228 g/mol. The molecule has 1 aromatic rings. The summed E-state index contributed by atoms with van der Waals surface area (Å²) in [6.45, 7) is 9.64. The number of anilines is 2. The van der Waals surface area contributed by atoms with E-state index in [9.17, 15) is 0 Å². The zero-order chi connectivity index (χ0) is 13.4. The van der Waals surface area contributed by atoms with Gasteiger partial charge in [0.05, 0.1) is 6.61 Å². The summed E-state index contributed by atoms with van der Waals surface area (Å²) in [4.78, 5) is 11.1. The molecule has 0 spiro atoms. The van der Waals surface area contributed by atoms with E-state index in [-0.39, 0.29) is 0 Å². The lowest BCUT2D eigenvalue weighted by Crippen LogP contribution is -2.28. The van der Waals surface area contributed by atoms with Crippen LogP contribution in [-0.4, -0.2) is 43.3 Å². The molecule has 1 rings (SSSR count). The molecule has 1 N–H and O–H groups in total. The Morgan fingerprint density at radius 1 is 1.39 bits per heavy atom. The molecule has 0 saturated carbocycles. The van der Waals surface area contributed by atoms with Crippen LogP contribution in [0.1, 0.15) is 25.8 Å². The molecule has 0 aliphatic carbocycles. The molecule has 0 aliphatic rings. The molecule has 102 valence electrons. The second kappa shape index (κ2) is 7.87. The van der Waals surface area contributed by atoms with E-state index in [0.717, 1.165) is 37.4 Å². The molecule has 1 aromatic heterocycles. The Bertz CT molecular complexity index is 357. The molecule has 5 heteroatoms. The van der Waals surface area contributed by atoms with Crippen molar-refractivity contribution >= 4 is 11.8 Å². The van der Waals surface area contributed by atoms with Gasteiger partial charge in [-0.05, 0) is 20.3 Å². The molecule has 0 bridgehead atoms. The zero-order valence-corrected chi connectivity index (χ0v) is 11.9. The molecular formula is C13H24N4O. The van der Waals surface area contributed by atoms with E-state index in [2.05, 4.69) is 34.0 Å². The zero-order valence-electron chi connectivity index (χ0n) is 11.9. The summed E-state index contributed by atoms with van der Waals surface area (Å²) < 4.78 is 5.13. The molecule has 1 heterocycles. The second-order valence-corrected chi connectivity index (χ2v) is 4.20. The largest absolute Gasteiger partial charge is 0.383 e. The van der Waals surface area contributed by atoms with Gasteiger partial charge in [-0.3, -0.25) is 0 Å². The van der Waals surface area contributed by atoms with E-state index in [0.29, 0.717) is 12.6 Å². The van der Waals surface area contributed by atoms with Gasteiger partial charge >= 0.3 is 0 Å². The lowest BCUT2D eigenvalue weighted by atomic mass is 10.3. The third-order valence-electron chi connectivity index (χ3n) is 2.72. The van der Waals surface area contributed by atoms with Crippen molar-refractivity contribution < 1.29 is 4.74 Å². The number of likely N-dealkylation sites (N-methyl/N-ethyl adjacent to an activating group) is 1. The predicted octanol–water partition coefficient (Wildman–Crippen LogP) is 2.08. The summed E-state index contributed by atoms with van der Waals surface area (Å²) in [5.41, 5.74) is 1.09. The van der Waals surface area contributed by atoms with Gasteiger partial charge in [0.15, 0.2) is 0 Å². The molecule has 0 unspecified atom stereocenters. The molecule has 0 fully saturated rings. The van der Waals surface area contributed by atoms with Gasteiger partial charge in [-0.1, -0.05) is 6.92 Å². The van der Waals surface area contributed by atoms with Gasteiger partial charge in [0.25, 0.3) is 0 Å². The predicted molar refractivity (Wildman–Crippen MR) is 75.3 cm³/mol. The van der Waals surface area contributed by atoms with E-state index in [1.807, 2.05) is 13.1 Å². The molecule has 18 heavy (non-hydrogen) atoms. The molecule has 0 aromatic carbocycles. The molecule has 0 amide bonds. The number of rotatable bonds is 8. The fourth-order valence-corrected chi connectivity index (χ4v) is 1.69. The first kappa shape index (κ1) is 14.7. The number of hydrogen-bond donors (Lipinski definition) is 1. The minimum Gasteiger partial charge on any atom is -0.383 e. The Balaban J connectivity index is 2.83. The number of ether oxygens (including phenoxy) is 1. The van der Waals surface area contributed by atoms with Gasteiger partial charge in [-0.25, -0.2) is 4.98 Å². The summed E-state index contributed by atoms with van der Waals surface area (Å²) in [5.74, 6) is 1.69. The Kier molecular flexibility index (Phi) is 6.43. The maximum Gasteiger partial charge on any atom is 0.224 e. The molecule has 0 aliphatic heterocycles. The first-order valence-electron chi connectivity index (χ1n) is 6.54. The highest BCUT2D eigenvalue weighted by Gasteiger charge is 2.10. The minimum atomic E-state index is 0.702. The summed E-state index contributed by atoms with van der Waals surface area (Å²) in [6.07, 6.45) is 2.93. The van der Waals surface area contributed by atoms with Crippen LogP contribution in [0.15, 0.2) is 6.20 Å². The molecule has 0 saturated heterocycles. The van der Waals surface area contributed by atoms with Crippen molar-refractivity contribution in [3.63, 3.8) is 0 Å².